The van der Waals surface area contributed by atoms with E-state index in [1.54, 1.807) is 7.11 Å². The number of hydrogen-bond acceptors (Lipinski definition) is 2. The van der Waals surface area contributed by atoms with E-state index < -0.39 is 0 Å². The maximum atomic E-state index is 12.7. The number of fused-ring (bicyclic) bond motifs is 1. The summed E-state index contributed by atoms with van der Waals surface area (Å²) >= 11 is 0. The number of aromatic nitrogens is 1. The van der Waals surface area contributed by atoms with E-state index in [1.807, 2.05) is 4.90 Å². The van der Waals surface area contributed by atoms with Gasteiger partial charge in [-0.1, -0.05) is 11.6 Å². The third kappa shape index (κ3) is 3.13. The van der Waals surface area contributed by atoms with Gasteiger partial charge >= 0.3 is 0 Å². The van der Waals surface area contributed by atoms with Crippen molar-refractivity contribution in [2.75, 3.05) is 20.2 Å². The van der Waals surface area contributed by atoms with Crippen molar-refractivity contribution in [1.82, 2.24) is 9.88 Å². The average molecular weight is 314 g/mol. The summed E-state index contributed by atoms with van der Waals surface area (Å²) in [6, 6.07) is 4.36. The number of piperidine rings is 1. The number of carbonyl (C=O) groups excluding carboxylic acids is 1. The van der Waals surface area contributed by atoms with Crippen LogP contribution >= 0.6 is 0 Å². The van der Waals surface area contributed by atoms with Gasteiger partial charge in [0.15, 0.2) is 0 Å². The summed E-state index contributed by atoms with van der Waals surface area (Å²) in [4.78, 5) is 18.2. The highest BCUT2D eigenvalue weighted by molar-refractivity contribution is 5.92. The molecule has 0 bridgehead atoms. The SMILES string of the molecule is CO[C@@H]1CCCN(C(=O)Cc2c(C)[nH]c3c(C)cc(C)cc23)C1. The van der Waals surface area contributed by atoms with Gasteiger partial charge in [-0.05, 0) is 50.8 Å². The van der Waals surface area contributed by atoms with Gasteiger partial charge in [-0.15, -0.1) is 0 Å². The molecule has 0 spiro atoms. The van der Waals surface area contributed by atoms with Gasteiger partial charge in [0, 0.05) is 36.8 Å². The van der Waals surface area contributed by atoms with Crippen molar-refractivity contribution in [3.05, 3.63) is 34.5 Å². The fraction of sp³-hybridized carbons (Fsp3) is 0.526. The van der Waals surface area contributed by atoms with E-state index in [-0.39, 0.29) is 12.0 Å². The summed E-state index contributed by atoms with van der Waals surface area (Å²) < 4.78 is 5.43. The Labute approximate surface area is 137 Å². The van der Waals surface area contributed by atoms with Crippen LogP contribution in [0.15, 0.2) is 12.1 Å². The standard InChI is InChI=1S/C19H26N2O2/c1-12-8-13(2)19-17(9-12)16(14(3)20-19)10-18(22)21-7-5-6-15(11-21)23-4/h8-9,15,20H,5-7,10-11H2,1-4H3/t15-/m1/s1. The number of methoxy groups -OCH3 is 1. The first-order valence-corrected chi connectivity index (χ1v) is 8.38. The fourth-order valence-corrected chi connectivity index (χ4v) is 3.68. The summed E-state index contributed by atoms with van der Waals surface area (Å²) in [6.07, 6.45) is 2.71. The normalized spacial score (nSPS) is 18.6. The number of amides is 1. The van der Waals surface area contributed by atoms with Crippen LogP contribution in [0.5, 0.6) is 0 Å². The van der Waals surface area contributed by atoms with Crippen molar-refractivity contribution in [1.29, 1.82) is 0 Å². The van der Waals surface area contributed by atoms with E-state index in [4.69, 9.17) is 4.74 Å². The predicted octanol–water partition coefficient (Wildman–Crippen LogP) is 3.27. The Kier molecular flexibility index (Phi) is 4.44. The highest BCUT2D eigenvalue weighted by Gasteiger charge is 2.24. The minimum absolute atomic E-state index is 0.182. The molecular weight excluding hydrogens is 288 g/mol. The van der Waals surface area contributed by atoms with Crippen LogP contribution < -0.4 is 0 Å². The summed E-state index contributed by atoms with van der Waals surface area (Å²) in [5.41, 5.74) is 5.86. The quantitative estimate of drug-likeness (QED) is 0.945. The second-order valence-electron chi connectivity index (χ2n) is 6.75. The highest BCUT2D eigenvalue weighted by atomic mass is 16.5. The van der Waals surface area contributed by atoms with Gasteiger partial charge in [0.1, 0.15) is 0 Å². The third-order valence-electron chi connectivity index (χ3n) is 4.96. The molecular formula is C19H26N2O2. The zero-order chi connectivity index (χ0) is 16.6. The number of carbonyl (C=O) groups is 1. The molecule has 1 aliphatic heterocycles. The summed E-state index contributed by atoms with van der Waals surface area (Å²) in [5.74, 6) is 0.204. The molecule has 1 saturated heterocycles. The maximum Gasteiger partial charge on any atom is 0.227 e. The molecule has 0 unspecified atom stereocenters. The van der Waals surface area contributed by atoms with Gasteiger partial charge in [0.2, 0.25) is 5.91 Å². The van der Waals surface area contributed by atoms with Crippen LogP contribution in [0, 0.1) is 20.8 Å². The van der Waals surface area contributed by atoms with Crippen molar-refractivity contribution in [3.8, 4) is 0 Å². The first-order valence-electron chi connectivity index (χ1n) is 8.38. The van der Waals surface area contributed by atoms with Crippen molar-refractivity contribution >= 4 is 16.8 Å². The largest absolute Gasteiger partial charge is 0.380 e. The van der Waals surface area contributed by atoms with Crippen LogP contribution in [0.1, 0.15) is 35.2 Å². The van der Waals surface area contributed by atoms with E-state index >= 15 is 0 Å². The van der Waals surface area contributed by atoms with Crippen molar-refractivity contribution in [3.63, 3.8) is 0 Å². The smallest absolute Gasteiger partial charge is 0.227 e. The number of H-pyrrole nitrogens is 1. The molecule has 0 aliphatic carbocycles. The Morgan fingerprint density at radius 3 is 2.87 bits per heavy atom. The summed E-state index contributed by atoms with van der Waals surface area (Å²) in [7, 11) is 1.73. The van der Waals surface area contributed by atoms with Crippen LogP contribution in [-0.2, 0) is 16.0 Å². The molecule has 4 heteroatoms. The number of hydrogen-bond donors (Lipinski definition) is 1. The molecule has 1 amide bonds. The monoisotopic (exact) mass is 314 g/mol. The van der Waals surface area contributed by atoms with E-state index in [2.05, 4.69) is 37.9 Å². The summed E-state index contributed by atoms with van der Waals surface area (Å²) in [5, 5.41) is 1.19. The summed E-state index contributed by atoms with van der Waals surface area (Å²) in [6.45, 7) is 7.84. The van der Waals surface area contributed by atoms with Gasteiger partial charge in [-0.25, -0.2) is 0 Å². The van der Waals surface area contributed by atoms with Crippen molar-refractivity contribution in [2.24, 2.45) is 0 Å². The first-order chi connectivity index (χ1) is 11.0. The molecule has 1 N–H and O–H groups in total. The Hall–Kier alpha value is -1.81. The van der Waals surface area contributed by atoms with Crippen LogP contribution in [0.4, 0.5) is 0 Å². The highest BCUT2D eigenvalue weighted by Crippen LogP contribution is 2.27. The first kappa shape index (κ1) is 16.1. The molecule has 4 nitrogen and oxygen atoms in total. The minimum Gasteiger partial charge on any atom is -0.380 e. The number of nitrogens with zero attached hydrogens (tertiary/aromatic N) is 1. The molecule has 1 aliphatic rings. The molecule has 0 saturated carbocycles. The average Bonchev–Trinajstić information content (AvgIpc) is 2.84. The Morgan fingerprint density at radius 2 is 2.13 bits per heavy atom. The molecule has 3 rings (SSSR count). The van der Waals surface area contributed by atoms with E-state index in [1.165, 1.54) is 16.5 Å². The zero-order valence-electron chi connectivity index (χ0n) is 14.5. The van der Waals surface area contributed by atoms with Gasteiger partial charge in [-0.2, -0.15) is 0 Å². The third-order valence-corrected chi connectivity index (χ3v) is 4.96. The second kappa shape index (κ2) is 6.36. The molecule has 2 heterocycles. The van der Waals surface area contributed by atoms with Gasteiger partial charge in [0.05, 0.1) is 12.5 Å². The van der Waals surface area contributed by atoms with Gasteiger partial charge < -0.3 is 14.6 Å². The zero-order valence-corrected chi connectivity index (χ0v) is 14.5. The Bertz CT molecular complexity index is 733. The van der Waals surface area contributed by atoms with Gasteiger partial charge in [-0.3, -0.25) is 4.79 Å². The van der Waals surface area contributed by atoms with E-state index in [0.717, 1.165) is 42.7 Å². The number of nitrogens with one attached hydrogen (secondary N) is 1. The maximum absolute atomic E-state index is 12.7. The molecule has 2 aromatic rings. The lowest BCUT2D eigenvalue weighted by Crippen LogP contribution is -2.43. The van der Waals surface area contributed by atoms with Crippen molar-refractivity contribution < 1.29 is 9.53 Å². The predicted molar refractivity (Wildman–Crippen MR) is 92.8 cm³/mol. The van der Waals surface area contributed by atoms with E-state index in [9.17, 15) is 4.79 Å². The lowest BCUT2D eigenvalue weighted by Gasteiger charge is -2.32. The fourth-order valence-electron chi connectivity index (χ4n) is 3.68. The molecule has 1 aromatic heterocycles. The molecule has 1 atom stereocenters. The van der Waals surface area contributed by atoms with Gasteiger partial charge in [0.25, 0.3) is 0 Å². The Balaban J connectivity index is 1.86. The molecule has 1 aromatic carbocycles. The number of aryl methyl sites for hydroxylation is 3. The number of likely N-dealkylation sites (tertiary alicyclic amines) is 1. The van der Waals surface area contributed by atoms with Crippen LogP contribution in [0.25, 0.3) is 10.9 Å². The number of rotatable bonds is 3. The number of ether oxygens (including phenoxy) is 1. The van der Waals surface area contributed by atoms with E-state index in [0.29, 0.717) is 6.42 Å². The van der Waals surface area contributed by atoms with Crippen LogP contribution in [-0.4, -0.2) is 42.1 Å². The molecule has 0 radical (unpaired) electrons. The molecule has 1 fully saturated rings. The van der Waals surface area contributed by atoms with Crippen LogP contribution in [0.3, 0.4) is 0 Å². The Morgan fingerprint density at radius 1 is 1.35 bits per heavy atom. The number of benzene rings is 1. The lowest BCUT2D eigenvalue weighted by atomic mass is 10.0. The lowest BCUT2D eigenvalue weighted by molar-refractivity contribution is -0.134. The minimum atomic E-state index is 0.182. The van der Waals surface area contributed by atoms with Crippen molar-refractivity contribution in [2.45, 2.75) is 46.1 Å². The second-order valence-corrected chi connectivity index (χ2v) is 6.75. The van der Waals surface area contributed by atoms with Crippen LogP contribution in [0.2, 0.25) is 0 Å². The molecule has 124 valence electrons. The topological polar surface area (TPSA) is 45.3 Å². The molecule has 23 heavy (non-hydrogen) atoms. The number of aromatic amines is 1.